The Bertz CT molecular complexity index is 321. The van der Waals surface area contributed by atoms with Crippen LogP contribution in [0, 0.1) is 13.8 Å². The van der Waals surface area contributed by atoms with E-state index in [-0.39, 0.29) is 6.10 Å². The normalized spacial score (nSPS) is 21.1. The number of ether oxygens (including phenoxy) is 1. The second-order valence-corrected chi connectivity index (χ2v) is 3.65. The predicted octanol–water partition coefficient (Wildman–Crippen LogP) is 0.834. The van der Waals surface area contributed by atoms with Crippen LogP contribution in [0.2, 0.25) is 0 Å². The molecule has 1 unspecified atom stereocenters. The molecule has 1 aliphatic rings. The van der Waals surface area contributed by atoms with Gasteiger partial charge in [0, 0.05) is 18.4 Å². The predicted molar refractivity (Wildman–Crippen MR) is 53.4 cm³/mol. The van der Waals surface area contributed by atoms with Crippen molar-refractivity contribution in [3.05, 3.63) is 17.5 Å². The molecule has 0 bridgehead atoms. The molecule has 0 aromatic carbocycles. The smallest absolute Gasteiger partial charge is 0.316 e. The van der Waals surface area contributed by atoms with Gasteiger partial charge in [0.05, 0.1) is 0 Å². The summed E-state index contributed by atoms with van der Waals surface area (Å²) in [6.45, 7) is 5.89. The van der Waals surface area contributed by atoms with E-state index in [2.05, 4.69) is 15.3 Å². The zero-order valence-electron chi connectivity index (χ0n) is 8.58. The minimum Gasteiger partial charge on any atom is -0.459 e. The van der Waals surface area contributed by atoms with E-state index in [1.807, 2.05) is 13.8 Å². The van der Waals surface area contributed by atoms with Gasteiger partial charge in [-0.25, -0.2) is 9.97 Å². The highest BCUT2D eigenvalue weighted by Crippen LogP contribution is 2.11. The highest BCUT2D eigenvalue weighted by Gasteiger charge is 2.17. The maximum atomic E-state index is 5.63. The molecule has 2 heterocycles. The maximum Gasteiger partial charge on any atom is 0.316 e. The minimum absolute atomic E-state index is 0.233. The zero-order chi connectivity index (χ0) is 9.97. The van der Waals surface area contributed by atoms with Gasteiger partial charge in [0.2, 0.25) is 0 Å². The Morgan fingerprint density at radius 3 is 3.00 bits per heavy atom. The third-order valence-corrected chi connectivity index (χ3v) is 2.49. The number of aromatic nitrogens is 2. The molecule has 0 amide bonds. The molecule has 0 aliphatic carbocycles. The van der Waals surface area contributed by atoms with Gasteiger partial charge in [-0.2, -0.15) is 0 Å². The zero-order valence-corrected chi connectivity index (χ0v) is 8.58. The van der Waals surface area contributed by atoms with Crippen LogP contribution in [0.1, 0.15) is 17.7 Å². The third-order valence-electron chi connectivity index (χ3n) is 2.49. The first-order chi connectivity index (χ1) is 6.75. The largest absolute Gasteiger partial charge is 0.459 e. The molecule has 0 saturated carbocycles. The van der Waals surface area contributed by atoms with Crippen LogP contribution in [-0.4, -0.2) is 29.2 Å². The molecule has 0 radical (unpaired) electrons. The van der Waals surface area contributed by atoms with Gasteiger partial charge in [0.1, 0.15) is 6.10 Å². The van der Waals surface area contributed by atoms with Crippen molar-refractivity contribution < 1.29 is 4.74 Å². The maximum absolute atomic E-state index is 5.63. The van der Waals surface area contributed by atoms with Gasteiger partial charge in [-0.05, 0) is 32.4 Å². The SMILES string of the molecule is Cc1cnc(OC2CCNC2)nc1C. The van der Waals surface area contributed by atoms with Crippen LogP contribution in [0.5, 0.6) is 6.01 Å². The summed E-state index contributed by atoms with van der Waals surface area (Å²) >= 11 is 0. The second-order valence-electron chi connectivity index (χ2n) is 3.65. The lowest BCUT2D eigenvalue weighted by Crippen LogP contribution is -2.20. The van der Waals surface area contributed by atoms with E-state index in [1.165, 1.54) is 0 Å². The van der Waals surface area contributed by atoms with Crippen LogP contribution in [-0.2, 0) is 0 Å². The van der Waals surface area contributed by atoms with E-state index in [0.717, 1.165) is 30.8 Å². The first-order valence-corrected chi connectivity index (χ1v) is 4.93. The Kier molecular flexibility index (Phi) is 2.63. The van der Waals surface area contributed by atoms with Crippen molar-refractivity contribution in [3.63, 3.8) is 0 Å². The van der Waals surface area contributed by atoms with Gasteiger partial charge in [-0.1, -0.05) is 0 Å². The monoisotopic (exact) mass is 193 g/mol. The van der Waals surface area contributed by atoms with Crippen molar-refractivity contribution in [2.75, 3.05) is 13.1 Å². The summed E-state index contributed by atoms with van der Waals surface area (Å²) in [5, 5.41) is 3.24. The number of nitrogens with one attached hydrogen (secondary N) is 1. The Labute approximate surface area is 83.7 Å². The summed E-state index contributed by atoms with van der Waals surface area (Å²) in [6, 6.07) is 0.502. The summed E-state index contributed by atoms with van der Waals surface area (Å²) in [5.41, 5.74) is 2.09. The minimum atomic E-state index is 0.233. The standard InChI is InChI=1S/C10H15N3O/c1-7-5-12-10(13-8(7)2)14-9-3-4-11-6-9/h5,9,11H,3-4,6H2,1-2H3. The molecule has 76 valence electrons. The first-order valence-electron chi connectivity index (χ1n) is 4.93. The van der Waals surface area contributed by atoms with Gasteiger partial charge >= 0.3 is 6.01 Å². The van der Waals surface area contributed by atoms with Gasteiger partial charge in [0.25, 0.3) is 0 Å². The quantitative estimate of drug-likeness (QED) is 0.756. The number of hydrogen-bond donors (Lipinski definition) is 1. The van der Waals surface area contributed by atoms with Crippen LogP contribution < -0.4 is 10.1 Å². The van der Waals surface area contributed by atoms with Crippen molar-refractivity contribution in [3.8, 4) is 6.01 Å². The summed E-state index contributed by atoms with van der Waals surface area (Å²) in [5.74, 6) is 0. The summed E-state index contributed by atoms with van der Waals surface area (Å²) in [4.78, 5) is 8.42. The highest BCUT2D eigenvalue weighted by atomic mass is 16.5. The van der Waals surface area contributed by atoms with E-state index >= 15 is 0 Å². The average molecular weight is 193 g/mol. The molecule has 2 rings (SSSR count). The molecule has 1 aromatic heterocycles. The summed E-state index contributed by atoms with van der Waals surface area (Å²) in [6.07, 6.45) is 3.08. The Morgan fingerprint density at radius 1 is 1.50 bits per heavy atom. The van der Waals surface area contributed by atoms with Gasteiger partial charge in [-0.15, -0.1) is 0 Å². The fourth-order valence-electron chi connectivity index (χ4n) is 1.44. The lowest BCUT2D eigenvalue weighted by molar-refractivity contribution is 0.204. The topological polar surface area (TPSA) is 47.0 Å². The van der Waals surface area contributed by atoms with Crippen molar-refractivity contribution in [1.82, 2.24) is 15.3 Å². The van der Waals surface area contributed by atoms with E-state index in [1.54, 1.807) is 6.20 Å². The van der Waals surface area contributed by atoms with Crippen LogP contribution in [0.15, 0.2) is 6.20 Å². The fourth-order valence-corrected chi connectivity index (χ4v) is 1.44. The lowest BCUT2D eigenvalue weighted by atomic mass is 10.3. The van der Waals surface area contributed by atoms with E-state index in [0.29, 0.717) is 6.01 Å². The van der Waals surface area contributed by atoms with Crippen LogP contribution in [0.4, 0.5) is 0 Å². The molecular weight excluding hydrogens is 178 g/mol. The van der Waals surface area contributed by atoms with Crippen molar-refractivity contribution >= 4 is 0 Å². The molecule has 1 fully saturated rings. The van der Waals surface area contributed by atoms with E-state index in [4.69, 9.17) is 4.74 Å². The molecule has 1 aromatic rings. The fraction of sp³-hybridized carbons (Fsp3) is 0.600. The lowest BCUT2D eigenvalue weighted by Gasteiger charge is -2.10. The highest BCUT2D eigenvalue weighted by molar-refractivity contribution is 5.15. The van der Waals surface area contributed by atoms with Crippen molar-refractivity contribution in [1.29, 1.82) is 0 Å². The van der Waals surface area contributed by atoms with Crippen molar-refractivity contribution in [2.24, 2.45) is 0 Å². The third kappa shape index (κ3) is 2.01. The van der Waals surface area contributed by atoms with Crippen molar-refractivity contribution in [2.45, 2.75) is 26.4 Å². The molecular formula is C10H15N3O. The summed E-state index contributed by atoms with van der Waals surface area (Å²) in [7, 11) is 0. The van der Waals surface area contributed by atoms with Crippen LogP contribution in [0.25, 0.3) is 0 Å². The van der Waals surface area contributed by atoms with E-state index < -0.39 is 0 Å². The Balaban J connectivity index is 2.05. The van der Waals surface area contributed by atoms with Gasteiger partial charge < -0.3 is 10.1 Å². The second kappa shape index (κ2) is 3.92. The molecule has 14 heavy (non-hydrogen) atoms. The molecule has 4 nitrogen and oxygen atoms in total. The molecule has 1 aliphatic heterocycles. The number of nitrogens with zero attached hydrogens (tertiary/aromatic N) is 2. The number of rotatable bonds is 2. The van der Waals surface area contributed by atoms with Crippen LogP contribution >= 0.6 is 0 Å². The molecule has 4 heteroatoms. The average Bonchev–Trinajstić information content (AvgIpc) is 2.64. The molecule has 1 atom stereocenters. The van der Waals surface area contributed by atoms with Gasteiger partial charge in [-0.3, -0.25) is 0 Å². The first kappa shape index (κ1) is 9.40. The molecule has 1 N–H and O–H groups in total. The number of hydrogen-bond acceptors (Lipinski definition) is 4. The summed E-state index contributed by atoms with van der Waals surface area (Å²) < 4.78 is 5.63. The number of aryl methyl sites for hydroxylation is 2. The van der Waals surface area contributed by atoms with E-state index in [9.17, 15) is 0 Å². The molecule has 0 spiro atoms. The van der Waals surface area contributed by atoms with Gasteiger partial charge in [0.15, 0.2) is 0 Å². The Hall–Kier alpha value is -1.16. The molecule has 1 saturated heterocycles. The Morgan fingerprint density at radius 2 is 2.36 bits per heavy atom. The van der Waals surface area contributed by atoms with Crippen LogP contribution in [0.3, 0.4) is 0 Å².